The van der Waals surface area contributed by atoms with Crippen molar-refractivity contribution in [1.29, 1.82) is 0 Å². The number of nitrogens with one attached hydrogen (secondary N) is 1. The van der Waals surface area contributed by atoms with E-state index in [1.165, 1.54) is 25.1 Å². The monoisotopic (exact) mass is 340 g/mol. The van der Waals surface area contributed by atoms with E-state index in [4.69, 9.17) is 20.9 Å². The van der Waals surface area contributed by atoms with Crippen molar-refractivity contribution in [2.45, 2.75) is 13.8 Å². The highest BCUT2D eigenvalue weighted by Gasteiger charge is 2.26. The smallest absolute Gasteiger partial charge is 0.344 e. The summed E-state index contributed by atoms with van der Waals surface area (Å²) in [5, 5.41) is 6.26. The molecular weight excluding hydrogens is 327 g/mol. The van der Waals surface area contributed by atoms with Gasteiger partial charge in [-0.15, -0.1) is 0 Å². The van der Waals surface area contributed by atoms with Gasteiger partial charge in [-0.25, -0.2) is 9.18 Å². The van der Waals surface area contributed by atoms with Crippen molar-refractivity contribution in [2.24, 2.45) is 0 Å². The van der Waals surface area contributed by atoms with E-state index in [9.17, 15) is 14.0 Å². The second-order valence-corrected chi connectivity index (χ2v) is 5.00. The summed E-state index contributed by atoms with van der Waals surface area (Å²) in [6.45, 7) is 3.18. The van der Waals surface area contributed by atoms with Gasteiger partial charge in [0.25, 0.3) is 5.91 Å². The molecule has 0 atom stereocenters. The van der Waals surface area contributed by atoms with E-state index >= 15 is 0 Å². The Morgan fingerprint density at radius 3 is 2.83 bits per heavy atom. The van der Waals surface area contributed by atoms with Crippen LogP contribution in [0.5, 0.6) is 0 Å². The topological polar surface area (TPSA) is 81.4 Å². The maximum Gasteiger partial charge on any atom is 0.344 e. The number of amides is 1. The summed E-state index contributed by atoms with van der Waals surface area (Å²) >= 11 is 5.98. The standard InChI is InChI=1S/C15H14ClFN2O4/c1-3-18-11(20)7-22-15(21)12-8(2)23-19-14(12)13-9(16)5-4-6-10(13)17/h4-6H,3,7H2,1-2H3,(H,18,20). The lowest BCUT2D eigenvalue weighted by Gasteiger charge is -2.07. The zero-order valence-electron chi connectivity index (χ0n) is 12.5. The summed E-state index contributed by atoms with van der Waals surface area (Å²) in [6.07, 6.45) is 0. The zero-order chi connectivity index (χ0) is 17.0. The van der Waals surface area contributed by atoms with Crippen LogP contribution in [0, 0.1) is 12.7 Å². The van der Waals surface area contributed by atoms with Crippen LogP contribution in [0.2, 0.25) is 5.02 Å². The summed E-state index contributed by atoms with van der Waals surface area (Å²) in [4.78, 5) is 23.5. The predicted octanol–water partition coefficient (Wildman–Crippen LogP) is 2.74. The van der Waals surface area contributed by atoms with Gasteiger partial charge in [-0.05, 0) is 26.0 Å². The van der Waals surface area contributed by atoms with Gasteiger partial charge in [0.15, 0.2) is 6.61 Å². The highest BCUT2D eigenvalue weighted by atomic mass is 35.5. The van der Waals surface area contributed by atoms with Crippen molar-refractivity contribution in [2.75, 3.05) is 13.2 Å². The molecule has 1 aromatic carbocycles. The average Bonchev–Trinajstić information content (AvgIpc) is 2.87. The highest BCUT2D eigenvalue weighted by molar-refractivity contribution is 6.33. The van der Waals surface area contributed by atoms with Gasteiger partial charge in [0, 0.05) is 6.54 Å². The van der Waals surface area contributed by atoms with Gasteiger partial charge >= 0.3 is 5.97 Å². The lowest BCUT2D eigenvalue weighted by molar-refractivity contribution is -0.124. The number of hydrogen-bond donors (Lipinski definition) is 1. The molecule has 0 bridgehead atoms. The number of likely N-dealkylation sites (N-methyl/N-ethyl adjacent to an activating group) is 1. The summed E-state index contributed by atoms with van der Waals surface area (Å²) in [5.41, 5.74) is -0.191. The van der Waals surface area contributed by atoms with Crippen molar-refractivity contribution in [3.63, 3.8) is 0 Å². The Hall–Kier alpha value is -2.41. The molecule has 0 unspecified atom stereocenters. The van der Waals surface area contributed by atoms with Crippen LogP contribution in [0.4, 0.5) is 4.39 Å². The van der Waals surface area contributed by atoms with Gasteiger partial charge in [-0.3, -0.25) is 4.79 Å². The molecule has 0 aliphatic heterocycles. The van der Waals surface area contributed by atoms with Crippen LogP contribution in [0.15, 0.2) is 22.7 Å². The van der Waals surface area contributed by atoms with E-state index in [1.807, 2.05) is 0 Å². The molecule has 23 heavy (non-hydrogen) atoms. The summed E-state index contributed by atoms with van der Waals surface area (Å²) in [5.74, 6) is -1.80. The molecule has 2 rings (SSSR count). The van der Waals surface area contributed by atoms with Crippen molar-refractivity contribution >= 4 is 23.5 Å². The number of esters is 1. The summed E-state index contributed by atoms with van der Waals surface area (Å²) in [7, 11) is 0. The predicted molar refractivity (Wildman–Crippen MR) is 80.6 cm³/mol. The number of benzene rings is 1. The van der Waals surface area contributed by atoms with Crippen molar-refractivity contribution in [1.82, 2.24) is 10.5 Å². The fraction of sp³-hybridized carbons (Fsp3) is 0.267. The Labute approximate surface area is 136 Å². The maximum absolute atomic E-state index is 14.0. The number of halogens is 2. The number of carbonyl (C=O) groups is 2. The first kappa shape index (κ1) is 17.0. The minimum atomic E-state index is -0.843. The SMILES string of the molecule is CCNC(=O)COC(=O)c1c(-c2c(F)cccc2Cl)noc1C. The summed E-state index contributed by atoms with van der Waals surface area (Å²) < 4.78 is 23.9. The highest BCUT2D eigenvalue weighted by Crippen LogP contribution is 2.33. The first-order valence-corrected chi connectivity index (χ1v) is 7.18. The molecule has 122 valence electrons. The van der Waals surface area contributed by atoms with Crippen LogP contribution in [-0.4, -0.2) is 30.2 Å². The third kappa shape index (κ3) is 3.68. The number of ether oxygens (including phenoxy) is 1. The van der Waals surface area contributed by atoms with Crippen molar-refractivity contribution in [3.05, 3.63) is 40.4 Å². The van der Waals surface area contributed by atoms with E-state index in [0.29, 0.717) is 6.54 Å². The van der Waals surface area contributed by atoms with E-state index in [-0.39, 0.29) is 27.6 Å². The fourth-order valence-electron chi connectivity index (χ4n) is 1.96. The summed E-state index contributed by atoms with van der Waals surface area (Å²) in [6, 6.07) is 4.09. The molecule has 0 aliphatic rings. The van der Waals surface area contributed by atoms with Crippen molar-refractivity contribution in [3.8, 4) is 11.3 Å². The molecule has 0 saturated carbocycles. The fourth-order valence-corrected chi connectivity index (χ4v) is 2.21. The minimum absolute atomic E-state index is 0.0593. The van der Waals surface area contributed by atoms with E-state index in [2.05, 4.69) is 10.5 Å². The number of rotatable bonds is 5. The number of hydrogen-bond acceptors (Lipinski definition) is 5. The van der Waals surface area contributed by atoms with Crippen LogP contribution in [-0.2, 0) is 9.53 Å². The Morgan fingerprint density at radius 1 is 1.43 bits per heavy atom. The molecule has 2 aromatic rings. The number of carbonyl (C=O) groups excluding carboxylic acids is 2. The molecule has 0 radical (unpaired) electrons. The Balaban J connectivity index is 2.32. The van der Waals surface area contributed by atoms with Crippen LogP contribution in [0.3, 0.4) is 0 Å². The van der Waals surface area contributed by atoms with E-state index in [1.54, 1.807) is 6.92 Å². The molecule has 8 heteroatoms. The molecule has 1 amide bonds. The molecule has 0 spiro atoms. The molecular formula is C15H14ClFN2O4. The largest absolute Gasteiger partial charge is 0.452 e. The zero-order valence-corrected chi connectivity index (χ0v) is 13.2. The second kappa shape index (κ2) is 7.23. The third-order valence-corrected chi connectivity index (χ3v) is 3.29. The number of aryl methyl sites for hydroxylation is 1. The van der Waals surface area contributed by atoms with Gasteiger partial charge < -0.3 is 14.6 Å². The van der Waals surface area contributed by atoms with E-state index in [0.717, 1.165) is 0 Å². The third-order valence-electron chi connectivity index (χ3n) is 2.97. The van der Waals surface area contributed by atoms with Gasteiger partial charge in [0.2, 0.25) is 0 Å². The van der Waals surface area contributed by atoms with Crippen LogP contribution >= 0.6 is 11.6 Å². The number of nitrogens with zero attached hydrogens (tertiary/aromatic N) is 1. The molecule has 6 nitrogen and oxygen atoms in total. The molecule has 1 heterocycles. The average molecular weight is 341 g/mol. The molecule has 1 aromatic heterocycles. The van der Waals surface area contributed by atoms with Gasteiger partial charge in [0.05, 0.1) is 10.6 Å². The first-order valence-electron chi connectivity index (χ1n) is 6.80. The molecule has 0 fully saturated rings. The first-order chi connectivity index (χ1) is 11.0. The van der Waals surface area contributed by atoms with Crippen LogP contribution in [0.1, 0.15) is 23.0 Å². The Bertz CT molecular complexity index is 725. The Kier molecular flexibility index (Phi) is 5.33. The van der Waals surface area contributed by atoms with Crippen LogP contribution < -0.4 is 5.32 Å². The Morgan fingerprint density at radius 2 is 2.17 bits per heavy atom. The minimum Gasteiger partial charge on any atom is -0.452 e. The van der Waals surface area contributed by atoms with Gasteiger partial charge in [0.1, 0.15) is 22.8 Å². The van der Waals surface area contributed by atoms with Crippen molar-refractivity contribution < 1.29 is 23.2 Å². The van der Waals surface area contributed by atoms with E-state index < -0.39 is 24.3 Å². The normalized spacial score (nSPS) is 10.4. The number of aromatic nitrogens is 1. The van der Waals surface area contributed by atoms with Crippen LogP contribution in [0.25, 0.3) is 11.3 Å². The van der Waals surface area contributed by atoms with Gasteiger partial charge in [-0.2, -0.15) is 0 Å². The van der Waals surface area contributed by atoms with Gasteiger partial charge in [-0.1, -0.05) is 22.8 Å². The molecule has 0 aliphatic carbocycles. The molecule has 1 N–H and O–H groups in total. The second-order valence-electron chi connectivity index (χ2n) is 4.59. The lowest BCUT2D eigenvalue weighted by atomic mass is 10.1. The quantitative estimate of drug-likeness (QED) is 0.846. The molecule has 0 saturated heterocycles. The lowest BCUT2D eigenvalue weighted by Crippen LogP contribution is -2.28. The maximum atomic E-state index is 14.0.